The molecule has 4 aromatic rings. The number of benzene rings is 1. The summed E-state index contributed by atoms with van der Waals surface area (Å²) in [6.07, 6.45) is 5.83. The molecular formula is C20H19N5OS. The fourth-order valence-electron chi connectivity index (χ4n) is 4.11. The van der Waals surface area contributed by atoms with E-state index in [0.717, 1.165) is 47.5 Å². The molecule has 136 valence electrons. The van der Waals surface area contributed by atoms with Crippen molar-refractivity contribution >= 4 is 37.8 Å². The smallest absolute Gasteiger partial charge is 0.330 e. The number of hydrogen-bond donors (Lipinski definition) is 1. The zero-order valence-electron chi connectivity index (χ0n) is 14.7. The number of nitrogens with zero attached hydrogens (tertiary/aromatic N) is 4. The second kappa shape index (κ2) is 5.66. The molecule has 2 aliphatic carbocycles. The van der Waals surface area contributed by atoms with Crippen molar-refractivity contribution in [2.75, 3.05) is 5.32 Å². The second-order valence-corrected chi connectivity index (χ2v) is 8.58. The monoisotopic (exact) mass is 377 g/mol. The van der Waals surface area contributed by atoms with E-state index in [9.17, 15) is 4.79 Å². The molecule has 2 aliphatic rings. The van der Waals surface area contributed by atoms with E-state index >= 15 is 0 Å². The highest BCUT2D eigenvalue weighted by molar-refractivity contribution is 7.22. The van der Waals surface area contributed by atoms with Crippen LogP contribution in [0.4, 0.5) is 5.13 Å². The molecule has 1 N–H and O–H groups in total. The summed E-state index contributed by atoms with van der Waals surface area (Å²) >= 11 is 1.69. The molecule has 27 heavy (non-hydrogen) atoms. The lowest BCUT2D eigenvalue weighted by atomic mass is 9.86. The minimum Gasteiger partial charge on any atom is -0.359 e. The Bertz CT molecular complexity index is 1180. The summed E-state index contributed by atoms with van der Waals surface area (Å²) in [5.41, 5.74) is 2.95. The van der Waals surface area contributed by atoms with Gasteiger partial charge in [-0.25, -0.2) is 14.8 Å². The molecule has 0 aliphatic heterocycles. The third-order valence-corrected chi connectivity index (χ3v) is 6.65. The van der Waals surface area contributed by atoms with E-state index in [-0.39, 0.29) is 11.7 Å². The summed E-state index contributed by atoms with van der Waals surface area (Å²) in [4.78, 5) is 22.2. The molecule has 3 heterocycles. The van der Waals surface area contributed by atoms with Crippen LogP contribution in [0.5, 0.6) is 0 Å². The first-order chi connectivity index (χ1) is 13.3. The fraction of sp³-hybridized carbons (Fsp3) is 0.350. The standard InChI is InChI=1S/C20H19N5OS/c26-20-24(13-7-8-13)16-5-3-9-21-18(16)25(20)14-10-12(11-14)22-19-23-15-4-1-2-6-17(15)27-19/h1-6,9,12-14H,7-8,10-11H2,(H,22,23). The highest BCUT2D eigenvalue weighted by atomic mass is 32.1. The number of aromatic nitrogens is 4. The first-order valence-corrected chi connectivity index (χ1v) is 10.3. The van der Waals surface area contributed by atoms with Crippen LogP contribution in [0.1, 0.15) is 37.8 Å². The summed E-state index contributed by atoms with van der Waals surface area (Å²) in [6, 6.07) is 13.1. The molecule has 1 aromatic carbocycles. The number of imidazole rings is 1. The topological polar surface area (TPSA) is 64.7 Å². The Morgan fingerprint density at radius 3 is 2.70 bits per heavy atom. The lowest BCUT2D eigenvalue weighted by molar-refractivity contribution is 0.280. The van der Waals surface area contributed by atoms with Crippen molar-refractivity contribution in [3.63, 3.8) is 0 Å². The number of para-hydroxylation sites is 1. The van der Waals surface area contributed by atoms with Crippen LogP contribution in [0.15, 0.2) is 47.4 Å². The summed E-state index contributed by atoms with van der Waals surface area (Å²) in [7, 11) is 0. The van der Waals surface area contributed by atoms with Gasteiger partial charge in [-0.3, -0.25) is 9.13 Å². The van der Waals surface area contributed by atoms with E-state index in [1.807, 2.05) is 39.5 Å². The molecule has 6 rings (SSSR count). The number of nitrogens with one attached hydrogen (secondary N) is 1. The van der Waals surface area contributed by atoms with Crippen molar-refractivity contribution in [2.24, 2.45) is 0 Å². The molecule has 0 spiro atoms. The van der Waals surface area contributed by atoms with Gasteiger partial charge in [-0.15, -0.1) is 0 Å². The molecular weight excluding hydrogens is 358 g/mol. The normalized spacial score (nSPS) is 22.2. The van der Waals surface area contributed by atoms with E-state index in [1.54, 1.807) is 17.5 Å². The van der Waals surface area contributed by atoms with Crippen LogP contribution in [-0.4, -0.2) is 25.1 Å². The molecule has 0 radical (unpaired) electrons. The predicted molar refractivity (Wildman–Crippen MR) is 108 cm³/mol. The summed E-state index contributed by atoms with van der Waals surface area (Å²) in [5.74, 6) is 0. The predicted octanol–water partition coefficient (Wildman–Crippen LogP) is 3.96. The SMILES string of the molecule is O=c1n(C2CC2)c2cccnc2n1C1CC(Nc2nc3ccccc3s2)C1. The van der Waals surface area contributed by atoms with Crippen LogP contribution < -0.4 is 11.0 Å². The molecule has 2 fully saturated rings. The van der Waals surface area contributed by atoms with Gasteiger partial charge in [0.1, 0.15) is 0 Å². The Morgan fingerprint density at radius 1 is 1.04 bits per heavy atom. The second-order valence-electron chi connectivity index (χ2n) is 7.55. The third kappa shape index (κ3) is 2.41. The van der Waals surface area contributed by atoms with Crippen molar-refractivity contribution < 1.29 is 0 Å². The Labute approximate surface area is 159 Å². The van der Waals surface area contributed by atoms with Crippen LogP contribution >= 0.6 is 11.3 Å². The van der Waals surface area contributed by atoms with E-state index in [0.29, 0.717) is 12.1 Å². The maximum absolute atomic E-state index is 13.0. The molecule has 2 saturated carbocycles. The number of thiazole rings is 1. The summed E-state index contributed by atoms with van der Waals surface area (Å²) in [6.45, 7) is 0. The Morgan fingerprint density at radius 2 is 1.89 bits per heavy atom. The largest absolute Gasteiger partial charge is 0.359 e. The van der Waals surface area contributed by atoms with Gasteiger partial charge in [-0.05, 0) is 49.9 Å². The lowest BCUT2D eigenvalue weighted by Gasteiger charge is -2.36. The molecule has 0 saturated heterocycles. The van der Waals surface area contributed by atoms with Crippen LogP contribution in [0.3, 0.4) is 0 Å². The first kappa shape index (κ1) is 15.4. The van der Waals surface area contributed by atoms with Gasteiger partial charge in [-0.1, -0.05) is 23.5 Å². The van der Waals surface area contributed by atoms with Gasteiger partial charge in [-0.2, -0.15) is 0 Å². The number of rotatable bonds is 4. The summed E-state index contributed by atoms with van der Waals surface area (Å²) in [5, 5.41) is 4.51. The van der Waals surface area contributed by atoms with Gasteiger partial charge in [0.05, 0.1) is 15.7 Å². The van der Waals surface area contributed by atoms with Crippen LogP contribution in [0.25, 0.3) is 21.4 Å². The third-order valence-electron chi connectivity index (χ3n) is 5.68. The average Bonchev–Trinajstić information content (AvgIpc) is 3.32. The van der Waals surface area contributed by atoms with E-state index in [2.05, 4.69) is 21.4 Å². The number of pyridine rings is 1. The number of fused-ring (bicyclic) bond motifs is 2. The van der Waals surface area contributed by atoms with E-state index < -0.39 is 0 Å². The fourth-order valence-corrected chi connectivity index (χ4v) is 5.05. The number of anilines is 1. The molecule has 7 heteroatoms. The van der Waals surface area contributed by atoms with Gasteiger partial charge in [0, 0.05) is 24.3 Å². The van der Waals surface area contributed by atoms with Gasteiger partial charge in [0.25, 0.3) is 0 Å². The molecule has 6 nitrogen and oxygen atoms in total. The van der Waals surface area contributed by atoms with Crippen LogP contribution in [0.2, 0.25) is 0 Å². The summed E-state index contributed by atoms with van der Waals surface area (Å²) < 4.78 is 5.07. The van der Waals surface area contributed by atoms with Crippen LogP contribution in [0, 0.1) is 0 Å². The van der Waals surface area contributed by atoms with E-state index in [1.165, 1.54) is 4.70 Å². The van der Waals surface area contributed by atoms with Gasteiger partial charge in [0.15, 0.2) is 10.8 Å². The van der Waals surface area contributed by atoms with Crippen molar-refractivity contribution in [3.8, 4) is 0 Å². The van der Waals surface area contributed by atoms with Crippen molar-refractivity contribution in [1.29, 1.82) is 0 Å². The molecule has 3 aromatic heterocycles. The van der Waals surface area contributed by atoms with Crippen molar-refractivity contribution in [1.82, 2.24) is 19.1 Å². The molecule has 0 bridgehead atoms. The minimum absolute atomic E-state index is 0.106. The Balaban J connectivity index is 1.26. The van der Waals surface area contributed by atoms with Gasteiger partial charge in [0.2, 0.25) is 0 Å². The van der Waals surface area contributed by atoms with Crippen LogP contribution in [-0.2, 0) is 0 Å². The maximum Gasteiger partial charge on any atom is 0.330 e. The quantitative estimate of drug-likeness (QED) is 0.585. The lowest BCUT2D eigenvalue weighted by Crippen LogP contribution is -2.41. The highest BCUT2D eigenvalue weighted by Gasteiger charge is 2.36. The average molecular weight is 377 g/mol. The van der Waals surface area contributed by atoms with Crippen molar-refractivity contribution in [2.45, 2.75) is 43.8 Å². The Kier molecular flexibility index (Phi) is 3.23. The van der Waals surface area contributed by atoms with E-state index in [4.69, 9.17) is 0 Å². The highest BCUT2D eigenvalue weighted by Crippen LogP contribution is 2.39. The minimum atomic E-state index is 0.106. The van der Waals surface area contributed by atoms with Crippen molar-refractivity contribution in [3.05, 3.63) is 53.1 Å². The zero-order chi connectivity index (χ0) is 18.0. The molecule has 0 amide bonds. The Hall–Kier alpha value is -2.67. The first-order valence-electron chi connectivity index (χ1n) is 9.47. The molecule has 0 unspecified atom stereocenters. The van der Waals surface area contributed by atoms with Gasteiger partial charge < -0.3 is 5.32 Å². The van der Waals surface area contributed by atoms with Gasteiger partial charge >= 0.3 is 5.69 Å². The molecule has 0 atom stereocenters. The zero-order valence-corrected chi connectivity index (χ0v) is 15.5. The number of hydrogen-bond acceptors (Lipinski definition) is 5. The maximum atomic E-state index is 13.0.